The van der Waals surface area contributed by atoms with Crippen molar-refractivity contribution in [3.63, 3.8) is 0 Å². The summed E-state index contributed by atoms with van der Waals surface area (Å²) in [6.07, 6.45) is 2.24. The molecule has 0 aromatic carbocycles. The highest BCUT2D eigenvalue weighted by molar-refractivity contribution is 5.69. The van der Waals surface area contributed by atoms with E-state index in [0.29, 0.717) is 19.6 Å². The van der Waals surface area contributed by atoms with Crippen molar-refractivity contribution in [2.75, 3.05) is 13.2 Å². The van der Waals surface area contributed by atoms with Gasteiger partial charge in [-0.15, -0.1) is 0 Å². The topological polar surface area (TPSA) is 35.5 Å². The summed E-state index contributed by atoms with van der Waals surface area (Å²) in [5, 5.41) is 0. The molecule has 0 aliphatic rings. The second-order valence-corrected chi connectivity index (χ2v) is 3.03. The Morgan fingerprint density at radius 1 is 1.38 bits per heavy atom. The number of rotatable bonds is 7. The molecule has 0 spiro atoms. The van der Waals surface area contributed by atoms with Gasteiger partial charge in [0.2, 0.25) is 0 Å². The summed E-state index contributed by atoms with van der Waals surface area (Å²) in [5.41, 5.74) is 0. The van der Waals surface area contributed by atoms with Crippen LogP contribution in [0.2, 0.25) is 0 Å². The number of carbonyl (C=O) groups is 1. The van der Waals surface area contributed by atoms with E-state index in [1.807, 2.05) is 20.8 Å². The van der Waals surface area contributed by atoms with E-state index in [-0.39, 0.29) is 12.1 Å². The highest BCUT2D eigenvalue weighted by Crippen LogP contribution is 2.02. The summed E-state index contributed by atoms with van der Waals surface area (Å²) in [6, 6.07) is 0. The molecule has 0 bridgehead atoms. The van der Waals surface area contributed by atoms with E-state index in [2.05, 4.69) is 0 Å². The van der Waals surface area contributed by atoms with E-state index >= 15 is 0 Å². The molecule has 0 saturated carbocycles. The lowest BCUT2D eigenvalue weighted by Gasteiger charge is -2.10. The molecule has 1 atom stereocenters. The zero-order valence-electron chi connectivity index (χ0n) is 8.84. The van der Waals surface area contributed by atoms with E-state index in [4.69, 9.17) is 9.47 Å². The third-order valence-corrected chi connectivity index (χ3v) is 1.67. The number of hydrogen-bond acceptors (Lipinski definition) is 3. The molecule has 0 radical (unpaired) electrons. The molecule has 0 aromatic heterocycles. The lowest BCUT2D eigenvalue weighted by atomic mass is 10.2. The Hall–Kier alpha value is -0.570. The van der Waals surface area contributed by atoms with Crippen molar-refractivity contribution in [2.24, 2.45) is 0 Å². The minimum Gasteiger partial charge on any atom is -0.466 e. The van der Waals surface area contributed by atoms with E-state index in [1.165, 1.54) is 0 Å². The van der Waals surface area contributed by atoms with Crippen LogP contribution >= 0.6 is 0 Å². The minimum atomic E-state index is -0.117. The van der Waals surface area contributed by atoms with E-state index in [0.717, 1.165) is 12.8 Å². The molecule has 3 heteroatoms. The Balaban J connectivity index is 3.34. The summed E-state index contributed by atoms with van der Waals surface area (Å²) >= 11 is 0. The van der Waals surface area contributed by atoms with Crippen molar-refractivity contribution in [1.29, 1.82) is 0 Å². The second-order valence-electron chi connectivity index (χ2n) is 3.03. The van der Waals surface area contributed by atoms with Crippen molar-refractivity contribution in [2.45, 2.75) is 46.1 Å². The zero-order valence-corrected chi connectivity index (χ0v) is 8.84. The molecule has 0 amide bonds. The first kappa shape index (κ1) is 12.4. The van der Waals surface area contributed by atoms with E-state index < -0.39 is 0 Å². The molecule has 3 nitrogen and oxygen atoms in total. The SMILES string of the molecule is CCCOC(=O)CCC(C)OCC. The molecule has 78 valence electrons. The molecule has 0 aromatic rings. The van der Waals surface area contributed by atoms with Gasteiger partial charge in [0.15, 0.2) is 0 Å². The van der Waals surface area contributed by atoms with Crippen molar-refractivity contribution < 1.29 is 14.3 Å². The summed E-state index contributed by atoms with van der Waals surface area (Å²) in [7, 11) is 0. The quantitative estimate of drug-likeness (QED) is 0.574. The Labute approximate surface area is 80.4 Å². The first-order valence-corrected chi connectivity index (χ1v) is 4.97. The van der Waals surface area contributed by atoms with Gasteiger partial charge in [0, 0.05) is 13.0 Å². The molecular weight excluding hydrogens is 168 g/mol. The third-order valence-electron chi connectivity index (χ3n) is 1.67. The summed E-state index contributed by atoms with van der Waals surface area (Å²) < 4.78 is 10.2. The van der Waals surface area contributed by atoms with Gasteiger partial charge in [-0.1, -0.05) is 6.92 Å². The third kappa shape index (κ3) is 7.78. The van der Waals surface area contributed by atoms with Crippen LogP contribution in [0.3, 0.4) is 0 Å². The lowest BCUT2D eigenvalue weighted by Crippen LogP contribution is -2.12. The van der Waals surface area contributed by atoms with Gasteiger partial charge >= 0.3 is 5.97 Å². The summed E-state index contributed by atoms with van der Waals surface area (Å²) in [5.74, 6) is -0.117. The molecule has 1 unspecified atom stereocenters. The number of hydrogen-bond donors (Lipinski definition) is 0. The first-order chi connectivity index (χ1) is 6.20. The largest absolute Gasteiger partial charge is 0.466 e. The summed E-state index contributed by atoms with van der Waals surface area (Å²) in [4.78, 5) is 11.0. The predicted octanol–water partition coefficient (Wildman–Crippen LogP) is 2.14. The fourth-order valence-electron chi connectivity index (χ4n) is 0.977. The lowest BCUT2D eigenvalue weighted by molar-refractivity contribution is -0.144. The maximum absolute atomic E-state index is 11.0. The van der Waals surface area contributed by atoms with Gasteiger partial charge in [0.05, 0.1) is 12.7 Å². The zero-order chi connectivity index (χ0) is 10.1. The average Bonchev–Trinajstić information content (AvgIpc) is 2.12. The molecule has 0 N–H and O–H groups in total. The Morgan fingerprint density at radius 3 is 2.62 bits per heavy atom. The van der Waals surface area contributed by atoms with Crippen LogP contribution in [0, 0.1) is 0 Å². The maximum atomic E-state index is 11.0. The fourth-order valence-corrected chi connectivity index (χ4v) is 0.977. The van der Waals surface area contributed by atoms with Crippen LogP contribution in [0.5, 0.6) is 0 Å². The van der Waals surface area contributed by atoms with Gasteiger partial charge in [-0.05, 0) is 26.7 Å². The van der Waals surface area contributed by atoms with E-state index in [9.17, 15) is 4.79 Å². The molecule has 0 rings (SSSR count). The molecule has 0 aliphatic carbocycles. The smallest absolute Gasteiger partial charge is 0.305 e. The van der Waals surface area contributed by atoms with Gasteiger partial charge < -0.3 is 9.47 Å². The molecule has 0 aliphatic heterocycles. The average molecular weight is 188 g/mol. The number of esters is 1. The van der Waals surface area contributed by atoms with Crippen molar-refractivity contribution in [3.05, 3.63) is 0 Å². The van der Waals surface area contributed by atoms with Gasteiger partial charge in [-0.2, -0.15) is 0 Å². The highest BCUT2D eigenvalue weighted by Gasteiger charge is 2.06. The molecule has 0 fully saturated rings. The number of ether oxygens (including phenoxy) is 2. The Kier molecular flexibility index (Phi) is 7.69. The van der Waals surface area contributed by atoms with E-state index in [1.54, 1.807) is 0 Å². The molecule has 13 heavy (non-hydrogen) atoms. The Morgan fingerprint density at radius 2 is 2.08 bits per heavy atom. The van der Waals surface area contributed by atoms with Gasteiger partial charge in [0.1, 0.15) is 0 Å². The molecule has 0 heterocycles. The fraction of sp³-hybridized carbons (Fsp3) is 0.900. The second kappa shape index (κ2) is 8.05. The number of carbonyl (C=O) groups excluding carboxylic acids is 1. The van der Waals surface area contributed by atoms with Crippen LogP contribution in [-0.4, -0.2) is 25.3 Å². The highest BCUT2D eigenvalue weighted by atomic mass is 16.5. The summed E-state index contributed by atoms with van der Waals surface area (Å²) in [6.45, 7) is 7.13. The molecule has 0 saturated heterocycles. The van der Waals surface area contributed by atoms with Gasteiger partial charge in [-0.25, -0.2) is 0 Å². The van der Waals surface area contributed by atoms with Crippen LogP contribution in [0.4, 0.5) is 0 Å². The Bertz CT molecular complexity index is 134. The van der Waals surface area contributed by atoms with Crippen molar-refractivity contribution in [3.8, 4) is 0 Å². The monoisotopic (exact) mass is 188 g/mol. The van der Waals surface area contributed by atoms with Crippen molar-refractivity contribution in [1.82, 2.24) is 0 Å². The standard InChI is InChI=1S/C10H20O3/c1-4-8-13-10(11)7-6-9(3)12-5-2/h9H,4-8H2,1-3H3. The predicted molar refractivity (Wildman–Crippen MR) is 51.6 cm³/mol. The van der Waals surface area contributed by atoms with Crippen LogP contribution < -0.4 is 0 Å². The first-order valence-electron chi connectivity index (χ1n) is 4.97. The van der Waals surface area contributed by atoms with Crippen molar-refractivity contribution >= 4 is 5.97 Å². The van der Waals surface area contributed by atoms with Crippen LogP contribution in [0.1, 0.15) is 40.0 Å². The minimum absolute atomic E-state index is 0.117. The van der Waals surface area contributed by atoms with Crippen LogP contribution in [0.15, 0.2) is 0 Å². The van der Waals surface area contributed by atoms with Crippen LogP contribution in [0.25, 0.3) is 0 Å². The van der Waals surface area contributed by atoms with Gasteiger partial charge in [0.25, 0.3) is 0 Å². The normalized spacial score (nSPS) is 12.5. The van der Waals surface area contributed by atoms with Gasteiger partial charge in [-0.3, -0.25) is 4.79 Å². The maximum Gasteiger partial charge on any atom is 0.305 e. The van der Waals surface area contributed by atoms with Crippen LogP contribution in [-0.2, 0) is 14.3 Å². The molecular formula is C10H20O3.